The van der Waals surface area contributed by atoms with E-state index in [1.807, 2.05) is 13.0 Å². The molecule has 0 spiro atoms. The van der Waals surface area contributed by atoms with Crippen LogP contribution in [-0.2, 0) is 0 Å². The van der Waals surface area contributed by atoms with E-state index in [-0.39, 0.29) is 5.56 Å². The molecular formula is C19H26N4OS. The maximum atomic E-state index is 12.6. The predicted molar refractivity (Wildman–Crippen MR) is 102 cm³/mol. The van der Waals surface area contributed by atoms with Gasteiger partial charge in [0.25, 0.3) is 5.56 Å². The van der Waals surface area contributed by atoms with Crippen molar-refractivity contribution in [1.82, 2.24) is 13.9 Å². The van der Waals surface area contributed by atoms with E-state index >= 15 is 0 Å². The zero-order valence-electron chi connectivity index (χ0n) is 15.2. The molecule has 0 unspecified atom stereocenters. The van der Waals surface area contributed by atoms with Gasteiger partial charge in [-0.15, -0.1) is 0 Å². The molecule has 6 heteroatoms. The van der Waals surface area contributed by atoms with Crippen molar-refractivity contribution in [2.45, 2.75) is 52.0 Å². The van der Waals surface area contributed by atoms with E-state index in [4.69, 9.17) is 0 Å². The number of hydrogen-bond acceptors (Lipinski definition) is 5. The van der Waals surface area contributed by atoms with E-state index in [0.29, 0.717) is 23.8 Å². The second-order valence-corrected chi connectivity index (χ2v) is 8.65. The molecule has 4 heterocycles. The Morgan fingerprint density at radius 3 is 2.88 bits per heavy atom. The Hall–Kier alpha value is -1.69. The summed E-state index contributed by atoms with van der Waals surface area (Å²) in [7, 11) is 0. The molecule has 3 atom stereocenters. The van der Waals surface area contributed by atoms with Gasteiger partial charge in [-0.1, -0.05) is 19.9 Å². The van der Waals surface area contributed by atoms with E-state index in [1.165, 1.54) is 23.6 Å². The predicted octanol–water partition coefficient (Wildman–Crippen LogP) is 3.61. The molecule has 2 aliphatic rings. The van der Waals surface area contributed by atoms with Gasteiger partial charge < -0.3 is 9.47 Å². The van der Waals surface area contributed by atoms with E-state index in [1.54, 1.807) is 6.07 Å². The van der Waals surface area contributed by atoms with Crippen LogP contribution in [0.4, 0.5) is 5.13 Å². The molecule has 2 aromatic rings. The molecule has 25 heavy (non-hydrogen) atoms. The van der Waals surface area contributed by atoms with E-state index in [0.717, 1.165) is 36.9 Å². The first-order chi connectivity index (χ1) is 12.0. The van der Waals surface area contributed by atoms with Crippen LogP contribution in [-0.4, -0.2) is 27.0 Å². The lowest BCUT2D eigenvalue weighted by atomic mass is 9.77. The van der Waals surface area contributed by atoms with Gasteiger partial charge in [-0.2, -0.15) is 4.37 Å². The number of aryl methyl sites for hydroxylation is 1. The molecule has 0 amide bonds. The number of pyridine rings is 1. The molecule has 2 aromatic heterocycles. The number of rotatable bonds is 4. The van der Waals surface area contributed by atoms with Crippen LogP contribution >= 0.6 is 11.5 Å². The molecule has 0 N–H and O–H groups in total. The van der Waals surface area contributed by atoms with Crippen molar-refractivity contribution < 1.29 is 0 Å². The van der Waals surface area contributed by atoms with Gasteiger partial charge in [0.15, 0.2) is 0 Å². The smallest absolute Gasteiger partial charge is 0.250 e. The molecule has 2 aliphatic heterocycles. The lowest BCUT2D eigenvalue weighted by Gasteiger charge is -2.47. The van der Waals surface area contributed by atoms with Crippen LogP contribution in [0.15, 0.2) is 23.0 Å². The van der Waals surface area contributed by atoms with Crippen LogP contribution in [0.25, 0.3) is 0 Å². The Morgan fingerprint density at radius 1 is 1.32 bits per heavy atom. The average molecular weight is 359 g/mol. The van der Waals surface area contributed by atoms with Crippen molar-refractivity contribution in [2.24, 2.45) is 11.8 Å². The second kappa shape index (κ2) is 6.56. The molecule has 4 rings (SSSR count). The third-order valence-corrected chi connectivity index (χ3v) is 6.49. The van der Waals surface area contributed by atoms with Crippen molar-refractivity contribution in [1.29, 1.82) is 0 Å². The van der Waals surface area contributed by atoms with Crippen molar-refractivity contribution in [3.05, 3.63) is 40.1 Å². The van der Waals surface area contributed by atoms with Gasteiger partial charge in [0, 0.05) is 48.3 Å². The van der Waals surface area contributed by atoms with Crippen LogP contribution in [0.5, 0.6) is 0 Å². The maximum absolute atomic E-state index is 12.6. The van der Waals surface area contributed by atoms with Gasteiger partial charge in [0.05, 0.1) is 0 Å². The highest BCUT2D eigenvalue weighted by molar-refractivity contribution is 7.09. The van der Waals surface area contributed by atoms with Gasteiger partial charge in [0.2, 0.25) is 5.13 Å². The minimum atomic E-state index is 0.168. The summed E-state index contributed by atoms with van der Waals surface area (Å²) >= 11 is 1.49. The Bertz CT molecular complexity index is 812. The monoisotopic (exact) mass is 358 g/mol. The van der Waals surface area contributed by atoms with E-state index in [2.05, 4.69) is 38.7 Å². The lowest BCUT2D eigenvalue weighted by Crippen LogP contribution is -2.49. The van der Waals surface area contributed by atoms with Gasteiger partial charge in [-0.25, -0.2) is 4.98 Å². The first kappa shape index (κ1) is 16.8. The minimum absolute atomic E-state index is 0.168. The molecule has 0 aliphatic carbocycles. The van der Waals surface area contributed by atoms with Crippen LogP contribution in [0.2, 0.25) is 0 Å². The van der Waals surface area contributed by atoms with Gasteiger partial charge in [0.1, 0.15) is 5.82 Å². The standard InChI is InChI=1S/C19H26N4OS/c1-12(2)7-8-17-15-9-14(16-5-4-6-18(24)23(16)17)10-22(11-15)19-20-13(3)21-25-19/h4-6,12,14-15,17H,7-11H2,1-3H3/t14-,15+,17+/m1/s1. The molecule has 1 saturated heterocycles. The van der Waals surface area contributed by atoms with Crippen LogP contribution in [0.1, 0.15) is 56.6 Å². The van der Waals surface area contributed by atoms with Crippen molar-refractivity contribution in [3.8, 4) is 0 Å². The van der Waals surface area contributed by atoms with Gasteiger partial charge in [-0.05, 0) is 44.1 Å². The molecule has 134 valence electrons. The Morgan fingerprint density at radius 2 is 2.16 bits per heavy atom. The molecule has 5 nitrogen and oxygen atoms in total. The highest BCUT2D eigenvalue weighted by atomic mass is 32.1. The van der Waals surface area contributed by atoms with Gasteiger partial charge >= 0.3 is 0 Å². The normalized spacial score (nSPS) is 25.3. The zero-order chi connectivity index (χ0) is 17.6. The number of aromatic nitrogens is 3. The Labute approximate surface area is 152 Å². The number of piperidine rings is 1. The molecule has 0 aromatic carbocycles. The largest absolute Gasteiger partial charge is 0.346 e. The number of hydrogen-bond donors (Lipinski definition) is 0. The Balaban J connectivity index is 1.70. The highest BCUT2D eigenvalue weighted by Gasteiger charge is 2.41. The number of nitrogens with zero attached hydrogens (tertiary/aromatic N) is 4. The summed E-state index contributed by atoms with van der Waals surface area (Å²) in [6, 6.07) is 6.10. The molecular weight excluding hydrogens is 332 g/mol. The summed E-state index contributed by atoms with van der Waals surface area (Å²) in [6.07, 6.45) is 3.42. The minimum Gasteiger partial charge on any atom is -0.346 e. The molecule has 2 bridgehead atoms. The number of fused-ring (bicyclic) bond motifs is 4. The third kappa shape index (κ3) is 3.12. The Kier molecular flexibility index (Phi) is 4.40. The van der Waals surface area contributed by atoms with Crippen molar-refractivity contribution >= 4 is 16.7 Å². The SMILES string of the molecule is Cc1nsc(N2C[C@H]3C[C@@H](C2)[C@H](CCC(C)C)n2c3cccc2=O)n1. The zero-order valence-corrected chi connectivity index (χ0v) is 16.0. The van der Waals surface area contributed by atoms with Crippen molar-refractivity contribution in [2.75, 3.05) is 18.0 Å². The first-order valence-corrected chi connectivity index (χ1v) is 10.1. The molecule has 0 saturated carbocycles. The summed E-state index contributed by atoms with van der Waals surface area (Å²) in [5.41, 5.74) is 1.38. The average Bonchev–Trinajstić information content (AvgIpc) is 3.01. The van der Waals surface area contributed by atoms with Crippen molar-refractivity contribution in [3.63, 3.8) is 0 Å². The molecule has 1 fully saturated rings. The lowest BCUT2D eigenvalue weighted by molar-refractivity contribution is 0.195. The summed E-state index contributed by atoms with van der Waals surface area (Å²) in [5.74, 6) is 2.43. The fraction of sp³-hybridized carbons (Fsp3) is 0.632. The molecule has 0 radical (unpaired) electrons. The van der Waals surface area contributed by atoms with Crippen LogP contribution < -0.4 is 10.5 Å². The fourth-order valence-electron chi connectivity index (χ4n) is 4.49. The second-order valence-electron chi connectivity index (χ2n) is 7.92. The topological polar surface area (TPSA) is 51.0 Å². The summed E-state index contributed by atoms with van der Waals surface area (Å²) in [5, 5.41) is 1.03. The van der Waals surface area contributed by atoms with Crippen LogP contribution in [0.3, 0.4) is 0 Å². The maximum Gasteiger partial charge on any atom is 0.250 e. The summed E-state index contributed by atoms with van der Waals surface area (Å²) in [4.78, 5) is 19.6. The van der Waals surface area contributed by atoms with Crippen LogP contribution in [0, 0.1) is 18.8 Å². The first-order valence-electron chi connectivity index (χ1n) is 9.29. The van der Waals surface area contributed by atoms with E-state index in [9.17, 15) is 4.79 Å². The highest BCUT2D eigenvalue weighted by Crippen LogP contribution is 2.44. The fourth-order valence-corrected chi connectivity index (χ4v) is 5.18. The quantitative estimate of drug-likeness (QED) is 0.838. The summed E-state index contributed by atoms with van der Waals surface area (Å²) in [6.45, 7) is 8.39. The van der Waals surface area contributed by atoms with E-state index < -0.39 is 0 Å². The van der Waals surface area contributed by atoms with Gasteiger partial charge in [-0.3, -0.25) is 4.79 Å². The third-order valence-electron chi connectivity index (χ3n) is 5.63. The number of anilines is 1. The summed E-state index contributed by atoms with van der Waals surface area (Å²) < 4.78 is 6.47.